The van der Waals surface area contributed by atoms with E-state index in [9.17, 15) is 22.4 Å². The van der Waals surface area contributed by atoms with Crippen molar-refractivity contribution >= 4 is 21.8 Å². The van der Waals surface area contributed by atoms with Crippen LogP contribution in [0.1, 0.15) is 12.5 Å². The lowest BCUT2D eigenvalue weighted by molar-refractivity contribution is -0.142. The van der Waals surface area contributed by atoms with Crippen LogP contribution >= 0.6 is 0 Å². The molecule has 2 amide bonds. The first-order valence-corrected chi connectivity index (χ1v) is 12.9. The minimum absolute atomic E-state index is 0.0346. The lowest BCUT2D eigenvalue weighted by Gasteiger charge is -2.28. The molecule has 0 aromatic heterocycles. The van der Waals surface area contributed by atoms with Gasteiger partial charge in [0, 0.05) is 26.2 Å². The molecule has 0 radical (unpaired) electrons. The quantitative estimate of drug-likeness (QED) is 0.445. The number of aliphatic hydroxyl groups is 1. The first-order chi connectivity index (χ1) is 17.2. The van der Waals surface area contributed by atoms with Crippen molar-refractivity contribution < 1.29 is 37.0 Å². The van der Waals surface area contributed by atoms with Crippen molar-refractivity contribution in [2.24, 2.45) is 0 Å². The molecule has 1 fully saturated rings. The number of carbonyl (C=O) groups is 2. The zero-order valence-corrected chi connectivity index (χ0v) is 20.7. The zero-order chi connectivity index (χ0) is 26.1. The molecule has 2 aromatic carbocycles. The van der Waals surface area contributed by atoms with E-state index in [4.69, 9.17) is 14.6 Å². The lowest BCUT2D eigenvalue weighted by Crippen LogP contribution is -2.49. The van der Waals surface area contributed by atoms with Crippen LogP contribution in [-0.2, 0) is 30.9 Å². The van der Waals surface area contributed by atoms with Crippen molar-refractivity contribution in [1.82, 2.24) is 14.5 Å². The highest BCUT2D eigenvalue weighted by Crippen LogP contribution is 2.21. The smallest absolute Gasteiger partial charge is 0.261 e. The molecule has 10 nitrogen and oxygen atoms in total. The van der Waals surface area contributed by atoms with Gasteiger partial charge in [0.25, 0.3) is 5.91 Å². The number of hydrogen-bond acceptors (Lipinski definition) is 7. The van der Waals surface area contributed by atoms with Crippen LogP contribution in [0.15, 0.2) is 53.4 Å². The number of morpholine rings is 1. The third kappa shape index (κ3) is 7.23. The molecule has 196 valence electrons. The van der Waals surface area contributed by atoms with Gasteiger partial charge in [0.2, 0.25) is 15.9 Å². The number of carbonyl (C=O) groups excluding carboxylic acids is 2. The van der Waals surface area contributed by atoms with Crippen molar-refractivity contribution in [2.45, 2.75) is 24.4 Å². The van der Waals surface area contributed by atoms with E-state index in [1.165, 1.54) is 57.7 Å². The van der Waals surface area contributed by atoms with Crippen LogP contribution in [-0.4, -0.2) is 86.6 Å². The van der Waals surface area contributed by atoms with Crippen LogP contribution in [0.25, 0.3) is 0 Å². The van der Waals surface area contributed by atoms with E-state index in [-0.39, 0.29) is 43.4 Å². The van der Waals surface area contributed by atoms with Gasteiger partial charge in [0.15, 0.2) is 6.61 Å². The molecule has 2 aromatic rings. The van der Waals surface area contributed by atoms with Crippen molar-refractivity contribution in [3.8, 4) is 5.75 Å². The van der Waals surface area contributed by atoms with Crippen molar-refractivity contribution in [2.75, 3.05) is 46.1 Å². The van der Waals surface area contributed by atoms with E-state index in [2.05, 4.69) is 5.32 Å². The molecule has 3 rings (SSSR count). The molecule has 0 aliphatic carbocycles. The third-order valence-electron chi connectivity index (χ3n) is 5.64. The van der Waals surface area contributed by atoms with Gasteiger partial charge in [-0.1, -0.05) is 12.1 Å². The van der Waals surface area contributed by atoms with Gasteiger partial charge in [-0.2, -0.15) is 4.31 Å². The number of rotatable bonds is 11. The normalized spacial score (nSPS) is 15.2. The van der Waals surface area contributed by atoms with Crippen LogP contribution in [0, 0.1) is 5.82 Å². The summed E-state index contributed by atoms with van der Waals surface area (Å²) in [6, 6.07) is 10.4. The van der Waals surface area contributed by atoms with Gasteiger partial charge in [0.1, 0.15) is 17.6 Å². The number of sulfonamides is 1. The van der Waals surface area contributed by atoms with Gasteiger partial charge in [0.05, 0.1) is 24.7 Å². The fourth-order valence-corrected chi connectivity index (χ4v) is 4.98. The summed E-state index contributed by atoms with van der Waals surface area (Å²) in [6.07, 6.45) is 0. The fourth-order valence-electron chi connectivity index (χ4n) is 3.57. The van der Waals surface area contributed by atoms with E-state index in [1.54, 1.807) is 6.92 Å². The van der Waals surface area contributed by atoms with Gasteiger partial charge in [-0.3, -0.25) is 9.59 Å². The second-order valence-corrected chi connectivity index (χ2v) is 10.1. The second-order valence-electron chi connectivity index (χ2n) is 8.12. The van der Waals surface area contributed by atoms with Crippen LogP contribution in [0.3, 0.4) is 0 Å². The van der Waals surface area contributed by atoms with Crippen LogP contribution in [0.4, 0.5) is 4.39 Å². The average Bonchev–Trinajstić information content (AvgIpc) is 2.90. The summed E-state index contributed by atoms with van der Waals surface area (Å²) in [5.74, 6) is -1.11. The molecule has 1 atom stereocenters. The number of hydrogen-bond donors (Lipinski definition) is 2. The van der Waals surface area contributed by atoms with E-state index in [1.807, 2.05) is 0 Å². The lowest BCUT2D eigenvalue weighted by atomic mass is 10.1. The summed E-state index contributed by atoms with van der Waals surface area (Å²) in [7, 11) is -3.66. The zero-order valence-electron chi connectivity index (χ0n) is 19.9. The molecular formula is C24H30FN3O7S. The van der Waals surface area contributed by atoms with Crippen molar-refractivity contribution in [1.29, 1.82) is 0 Å². The number of halogens is 1. The molecule has 0 bridgehead atoms. The highest BCUT2D eigenvalue weighted by molar-refractivity contribution is 7.89. The Balaban J connectivity index is 1.67. The highest BCUT2D eigenvalue weighted by Gasteiger charge is 2.28. The summed E-state index contributed by atoms with van der Waals surface area (Å²) in [4.78, 5) is 26.9. The second kappa shape index (κ2) is 12.8. The van der Waals surface area contributed by atoms with Crippen LogP contribution in [0.2, 0.25) is 0 Å². The minimum atomic E-state index is -3.66. The number of nitrogens with one attached hydrogen (secondary N) is 1. The summed E-state index contributed by atoms with van der Waals surface area (Å²) < 4.78 is 50.9. The number of aliphatic hydroxyl groups excluding tert-OH is 1. The van der Waals surface area contributed by atoms with Crippen LogP contribution < -0.4 is 10.1 Å². The topological polar surface area (TPSA) is 125 Å². The SMILES string of the molecule is C[C@H](C(=O)NCCO)N(Cc1ccc(F)cc1)C(=O)COc1ccc(S(=O)(=O)N2CCOCC2)cc1. The summed E-state index contributed by atoms with van der Waals surface area (Å²) in [6.45, 7) is 2.20. The van der Waals surface area contributed by atoms with Crippen molar-refractivity contribution in [3.63, 3.8) is 0 Å². The first kappa shape index (κ1) is 27.5. The Morgan fingerprint density at radius 1 is 1.14 bits per heavy atom. The monoisotopic (exact) mass is 523 g/mol. The molecule has 1 aliphatic heterocycles. The average molecular weight is 524 g/mol. The maximum absolute atomic E-state index is 13.3. The fraction of sp³-hybridized carbons (Fsp3) is 0.417. The Morgan fingerprint density at radius 3 is 2.39 bits per heavy atom. The molecular weight excluding hydrogens is 493 g/mol. The molecule has 12 heteroatoms. The number of nitrogens with zero attached hydrogens (tertiary/aromatic N) is 2. The Hall–Kier alpha value is -3.06. The molecule has 0 saturated carbocycles. The summed E-state index contributed by atoms with van der Waals surface area (Å²) in [5, 5.41) is 11.5. The Morgan fingerprint density at radius 2 is 1.78 bits per heavy atom. The van der Waals surface area contributed by atoms with E-state index in [0.717, 1.165) is 0 Å². The maximum Gasteiger partial charge on any atom is 0.261 e. The minimum Gasteiger partial charge on any atom is -0.484 e. The van der Waals surface area contributed by atoms with Gasteiger partial charge < -0.3 is 24.8 Å². The number of benzene rings is 2. The highest BCUT2D eigenvalue weighted by atomic mass is 32.2. The van der Waals surface area contributed by atoms with Crippen molar-refractivity contribution in [3.05, 3.63) is 59.9 Å². The van der Waals surface area contributed by atoms with Crippen LogP contribution in [0.5, 0.6) is 5.75 Å². The summed E-state index contributed by atoms with van der Waals surface area (Å²) in [5.41, 5.74) is 0.615. The molecule has 2 N–H and O–H groups in total. The predicted octanol–water partition coefficient (Wildman–Crippen LogP) is 0.751. The van der Waals surface area contributed by atoms with Gasteiger partial charge in [-0.25, -0.2) is 12.8 Å². The standard InChI is InChI=1S/C24H30FN3O7S/c1-18(24(31)26-10-13-29)28(16-19-2-4-20(25)5-3-19)23(30)17-35-21-6-8-22(9-7-21)36(32,33)27-11-14-34-15-12-27/h2-9,18,29H,10-17H2,1H3,(H,26,31)/t18-/m1/s1. The number of amides is 2. The molecule has 1 heterocycles. The predicted molar refractivity (Wildman–Crippen MR) is 128 cm³/mol. The molecule has 0 spiro atoms. The summed E-state index contributed by atoms with van der Waals surface area (Å²) >= 11 is 0. The van der Waals surface area contributed by atoms with Gasteiger partial charge >= 0.3 is 0 Å². The first-order valence-electron chi connectivity index (χ1n) is 11.5. The molecule has 1 aliphatic rings. The Labute approximate surface area is 209 Å². The van der Waals surface area contributed by atoms with E-state index < -0.39 is 40.3 Å². The number of ether oxygens (including phenoxy) is 2. The van der Waals surface area contributed by atoms with E-state index >= 15 is 0 Å². The Kier molecular flexibility index (Phi) is 9.76. The molecule has 1 saturated heterocycles. The maximum atomic E-state index is 13.3. The van der Waals surface area contributed by atoms with E-state index in [0.29, 0.717) is 18.8 Å². The largest absolute Gasteiger partial charge is 0.484 e. The van der Waals surface area contributed by atoms with Gasteiger partial charge in [-0.15, -0.1) is 0 Å². The Bertz CT molecular complexity index is 1120. The molecule has 36 heavy (non-hydrogen) atoms. The third-order valence-corrected chi connectivity index (χ3v) is 7.55. The molecule has 0 unspecified atom stereocenters. The van der Waals surface area contributed by atoms with Gasteiger partial charge in [-0.05, 0) is 48.9 Å².